The number of aliphatic hydroxyl groups is 1. The second-order valence-corrected chi connectivity index (χ2v) is 13.2. The van der Waals surface area contributed by atoms with E-state index in [1.54, 1.807) is 32.0 Å². The van der Waals surface area contributed by atoms with Gasteiger partial charge in [-0.15, -0.1) is 0 Å². The number of rotatable bonds is 13. The Kier molecular flexibility index (Phi) is 10.8. The third kappa shape index (κ3) is 7.98. The van der Waals surface area contributed by atoms with Crippen molar-refractivity contribution in [1.82, 2.24) is 19.5 Å². The predicted molar refractivity (Wildman–Crippen MR) is 157 cm³/mol. The van der Waals surface area contributed by atoms with Crippen LogP contribution in [0.5, 0.6) is 5.75 Å². The van der Waals surface area contributed by atoms with Crippen molar-refractivity contribution in [1.29, 1.82) is 0 Å². The van der Waals surface area contributed by atoms with Gasteiger partial charge >= 0.3 is 19.4 Å². The average Bonchev–Trinajstić information content (AvgIpc) is 3.48. The number of likely N-dealkylation sites (tertiary alicyclic amines) is 1. The molecule has 13 nitrogen and oxygen atoms in total. The van der Waals surface area contributed by atoms with Gasteiger partial charge in [0.05, 0.1) is 30.9 Å². The van der Waals surface area contributed by atoms with Gasteiger partial charge in [0.2, 0.25) is 0 Å². The number of esters is 1. The smallest absolute Gasteiger partial charge is 0.459 e. The summed E-state index contributed by atoms with van der Waals surface area (Å²) in [6.07, 6.45) is -2.37. The molecular weight excluding hydrogens is 598 g/mol. The Balaban J connectivity index is 1.47. The zero-order valence-corrected chi connectivity index (χ0v) is 26.3. The molecule has 242 valence electrons. The van der Waals surface area contributed by atoms with Crippen LogP contribution < -0.4 is 15.3 Å². The zero-order chi connectivity index (χ0) is 32.2. The van der Waals surface area contributed by atoms with Crippen LogP contribution >= 0.6 is 7.75 Å². The number of alkyl halides is 1. The Labute approximate surface area is 255 Å². The number of hydrogen-bond donors (Lipinski definition) is 2. The van der Waals surface area contributed by atoms with Crippen LogP contribution in [0.2, 0.25) is 0 Å². The number of nitrogens with zero attached hydrogens (tertiary/aromatic N) is 3. The summed E-state index contributed by atoms with van der Waals surface area (Å²) >= 11 is 0. The van der Waals surface area contributed by atoms with Crippen LogP contribution in [0.1, 0.15) is 52.5 Å². The third-order valence-corrected chi connectivity index (χ3v) is 9.18. The molecule has 7 atom stereocenters. The molecule has 2 N–H and O–H groups in total. The van der Waals surface area contributed by atoms with Gasteiger partial charge in [-0.2, -0.15) is 10.1 Å². The number of hydrogen-bond acceptors (Lipinski definition) is 11. The van der Waals surface area contributed by atoms with E-state index in [1.165, 1.54) is 31.3 Å². The molecule has 2 fully saturated rings. The normalized spacial score (nSPS) is 27.6. The Morgan fingerprint density at radius 1 is 1.25 bits per heavy atom. The number of halogens is 1. The lowest BCUT2D eigenvalue weighted by Gasteiger charge is -2.25. The van der Waals surface area contributed by atoms with Crippen LogP contribution in [-0.4, -0.2) is 87.6 Å². The SMILES string of the molecule is CC(C)OC(=O)[C@@H](C)NP(=O)(OC[C@H]1O[C@@H](n2ccc(CC(=O)[C@@H]3CCCN3C)nc2=O)[C@](C)(F)[C@@H]1O)Oc1ccccc1. The Hall–Kier alpha value is -3.00. The van der Waals surface area contributed by atoms with Gasteiger partial charge in [0.25, 0.3) is 0 Å². The third-order valence-electron chi connectivity index (χ3n) is 7.54. The number of aliphatic hydroxyl groups excluding tert-OH is 1. The van der Waals surface area contributed by atoms with E-state index in [2.05, 4.69) is 10.1 Å². The molecule has 0 amide bonds. The minimum absolute atomic E-state index is 0.0462. The van der Waals surface area contributed by atoms with Crippen LogP contribution in [0.4, 0.5) is 4.39 Å². The van der Waals surface area contributed by atoms with E-state index < -0.39 is 62.3 Å². The summed E-state index contributed by atoms with van der Waals surface area (Å²) in [5.74, 6) is -0.608. The quantitative estimate of drug-likeness (QED) is 0.244. The molecule has 0 bridgehead atoms. The summed E-state index contributed by atoms with van der Waals surface area (Å²) in [5, 5.41) is 13.3. The van der Waals surface area contributed by atoms with Gasteiger partial charge in [0, 0.05) is 6.20 Å². The topological polar surface area (TPSA) is 159 Å². The number of likely N-dealkylation sites (N-methyl/N-ethyl adjacent to an activating group) is 1. The van der Waals surface area contributed by atoms with Crippen molar-refractivity contribution in [2.75, 3.05) is 20.2 Å². The van der Waals surface area contributed by atoms with Gasteiger partial charge in [0.15, 0.2) is 17.7 Å². The van der Waals surface area contributed by atoms with E-state index in [9.17, 15) is 24.1 Å². The Morgan fingerprint density at radius 2 is 1.95 bits per heavy atom. The van der Waals surface area contributed by atoms with Gasteiger partial charge < -0.3 is 19.1 Å². The van der Waals surface area contributed by atoms with Gasteiger partial charge in [-0.1, -0.05) is 18.2 Å². The molecule has 15 heteroatoms. The number of para-hydroxylation sites is 1. The van der Waals surface area contributed by atoms with Crippen molar-refractivity contribution in [2.45, 2.75) is 89.2 Å². The van der Waals surface area contributed by atoms with Crippen LogP contribution in [-0.2, 0) is 34.6 Å². The van der Waals surface area contributed by atoms with Crippen LogP contribution in [0.25, 0.3) is 0 Å². The highest BCUT2D eigenvalue weighted by Crippen LogP contribution is 2.47. The fraction of sp³-hybridized carbons (Fsp3) is 0.586. The van der Waals surface area contributed by atoms with E-state index in [4.69, 9.17) is 18.5 Å². The van der Waals surface area contributed by atoms with Crippen LogP contribution in [0.3, 0.4) is 0 Å². The summed E-state index contributed by atoms with van der Waals surface area (Å²) < 4.78 is 52.6. The first-order valence-electron chi connectivity index (χ1n) is 14.5. The number of benzene rings is 1. The molecule has 44 heavy (non-hydrogen) atoms. The molecule has 0 radical (unpaired) electrons. The molecule has 0 aliphatic carbocycles. The summed E-state index contributed by atoms with van der Waals surface area (Å²) in [5.41, 5.74) is -3.11. The first kappa shape index (κ1) is 33.9. The number of Topliss-reactive ketones (excluding diaryl/α,β-unsaturated/α-hetero) is 1. The van der Waals surface area contributed by atoms with Gasteiger partial charge in [-0.25, -0.2) is 13.8 Å². The molecule has 2 aliphatic heterocycles. The fourth-order valence-electron chi connectivity index (χ4n) is 5.19. The van der Waals surface area contributed by atoms with Crippen molar-refractivity contribution in [2.24, 2.45) is 0 Å². The number of carbonyl (C=O) groups is 2. The lowest BCUT2D eigenvalue weighted by molar-refractivity contribution is -0.149. The van der Waals surface area contributed by atoms with Gasteiger partial charge in [-0.3, -0.25) is 23.6 Å². The molecule has 0 spiro atoms. The highest BCUT2D eigenvalue weighted by Gasteiger charge is 2.56. The zero-order valence-electron chi connectivity index (χ0n) is 25.4. The molecule has 1 aromatic heterocycles. The second kappa shape index (κ2) is 14.0. The predicted octanol–water partition coefficient (Wildman–Crippen LogP) is 2.57. The van der Waals surface area contributed by atoms with Crippen molar-refractivity contribution < 1.29 is 42.2 Å². The fourth-order valence-corrected chi connectivity index (χ4v) is 6.70. The largest absolute Gasteiger partial charge is 0.462 e. The Morgan fingerprint density at radius 3 is 2.57 bits per heavy atom. The minimum atomic E-state index is -4.33. The maximum Gasteiger partial charge on any atom is 0.459 e. The van der Waals surface area contributed by atoms with E-state index in [1.807, 2.05) is 11.9 Å². The Bertz CT molecular complexity index is 1420. The summed E-state index contributed by atoms with van der Waals surface area (Å²) in [6.45, 7) is 5.98. The lowest BCUT2D eigenvalue weighted by atomic mass is 9.98. The van der Waals surface area contributed by atoms with E-state index in [0.717, 1.165) is 30.9 Å². The van der Waals surface area contributed by atoms with Gasteiger partial charge in [-0.05, 0) is 72.3 Å². The monoisotopic (exact) mass is 638 g/mol. The van der Waals surface area contributed by atoms with Crippen LogP contribution in [0.15, 0.2) is 47.4 Å². The minimum Gasteiger partial charge on any atom is -0.462 e. The maximum absolute atomic E-state index is 15.9. The van der Waals surface area contributed by atoms with Crippen molar-refractivity contribution in [3.05, 3.63) is 58.8 Å². The van der Waals surface area contributed by atoms with Crippen molar-refractivity contribution in [3.63, 3.8) is 0 Å². The highest BCUT2D eigenvalue weighted by molar-refractivity contribution is 7.52. The molecule has 3 heterocycles. The van der Waals surface area contributed by atoms with Gasteiger partial charge in [0.1, 0.15) is 24.0 Å². The summed E-state index contributed by atoms with van der Waals surface area (Å²) in [6, 6.07) is 8.12. The number of carbonyl (C=O) groups excluding carboxylic acids is 2. The second-order valence-electron chi connectivity index (χ2n) is 11.5. The summed E-state index contributed by atoms with van der Waals surface area (Å²) in [4.78, 5) is 43.9. The number of aromatic nitrogens is 2. The molecular formula is C29H40FN4O9P. The van der Waals surface area contributed by atoms with Crippen molar-refractivity contribution in [3.8, 4) is 5.75 Å². The maximum atomic E-state index is 15.9. The molecule has 1 unspecified atom stereocenters. The molecule has 1 aromatic carbocycles. The first-order chi connectivity index (χ1) is 20.7. The average molecular weight is 639 g/mol. The molecule has 4 rings (SSSR count). The number of ether oxygens (including phenoxy) is 2. The van der Waals surface area contributed by atoms with E-state index in [-0.39, 0.29) is 29.7 Å². The van der Waals surface area contributed by atoms with Crippen molar-refractivity contribution >= 4 is 19.5 Å². The lowest BCUT2D eigenvalue weighted by Crippen LogP contribution is -2.43. The number of ketones is 1. The number of nitrogens with one attached hydrogen (secondary N) is 1. The first-order valence-corrected chi connectivity index (χ1v) is 16.1. The highest BCUT2D eigenvalue weighted by atomic mass is 31.2. The standard InChI is InChI=1S/C29H40FN4O9P/c1-18(2)41-26(37)19(3)32-44(39,43-21-10-7-6-8-11-21)40-17-24-25(36)29(4,30)27(42-24)34-15-13-20(31-28(34)38)16-23(35)22-12-9-14-33(22)5/h6-8,10-11,13,15,18-19,22,24-25,27,36H,9,12,14,16-17H2,1-5H3,(H,32,39)/t19-,22+,24-,25-,27-,29-,44?/m1/s1. The van der Waals surface area contributed by atoms with Crippen LogP contribution in [0, 0.1) is 0 Å². The van der Waals surface area contributed by atoms with E-state index >= 15 is 4.39 Å². The summed E-state index contributed by atoms with van der Waals surface area (Å²) in [7, 11) is -2.46. The molecule has 2 aliphatic rings. The molecule has 2 saturated heterocycles. The van der Waals surface area contributed by atoms with E-state index in [0.29, 0.717) is 0 Å². The molecule has 2 aromatic rings. The molecule has 0 saturated carbocycles.